The molecule has 4 heteroatoms. The average molecular weight is 225 g/mol. The first-order valence-corrected chi connectivity index (χ1v) is 6.58. The molecule has 0 bridgehead atoms. The summed E-state index contributed by atoms with van der Waals surface area (Å²) >= 11 is 1.69. The van der Waals surface area contributed by atoms with Crippen LogP contribution in [0.4, 0.5) is 5.13 Å². The maximum absolute atomic E-state index is 4.18. The molecule has 0 aromatic carbocycles. The van der Waals surface area contributed by atoms with Gasteiger partial charge in [0.1, 0.15) is 5.01 Å². The lowest BCUT2D eigenvalue weighted by Crippen LogP contribution is -2.30. The minimum absolute atomic E-state index is 0.483. The van der Waals surface area contributed by atoms with Crippen LogP contribution in [0, 0.1) is 5.92 Å². The Morgan fingerprint density at radius 3 is 2.47 bits per heavy atom. The van der Waals surface area contributed by atoms with Crippen LogP contribution in [0.1, 0.15) is 51.0 Å². The smallest absolute Gasteiger partial charge is 0.205 e. The molecule has 1 aliphatic rings. The van der Waals surface area contributed by atoms with Crippen LogP contribution in [0.2, 0.25) is 0 Å². The zero-order valence-corrected chi connectivity index (χ0v) is 10.5. The molecule has 0 saturated heterocycles. The van der Waals surface area contributed by atoms with Crippen LogP contribution < -0.4 is 5.32 Å². The molecule has 84 valence electrons. The topological polar surface area (TPSA) is 37.8 Å². The summed E-state index contributed by atoms with van der Waals surface area (Å²) in [6.45, 7) is 6.56. The first-order chi connectivity index (χ1) is 7.16. The van der Waals surface area contributed by atoms with Crippen molar-refractivity contribution < 1.29 is 0 Å². The van der Waals surface area contributed by atoms with Gasteiger partial charge in [0.05, 0.1) is 0 Å². The monoisotopic (exact) mass is 225 g/mol. The first-order valence-electron chi connectivity index (χ1n) is 5.76. The molecule has 1 atom stereocenters. The van der Waals surface area contributed by atoms with Gasteiger partial charge in [-0.2, -0.15) is 0 Å². The standard InChI is InChI=1S/C11H19N3S/c1-7(2)10-13-14-11(15-10)12-8(3)9-5-4-6-9/h7-9H,4-6H2,1-3H3,(H,12,14). The molecule has 1 aromatic rings. The van der Waals surface area contributed by atoms with Gasteiger partial charge in [-0.15, -0.1) is 10.2 Å². The fraction of sp³-hybridized carbons (Fsp3) is 0.818. The van der Waals surface area contributed by atoms with Gasteiger partial charge in [0.15, 0.2) is 0 Å². The molecular formula is C11H19N3S. The molecule has 1 aromatic heterocycles. The first kappa shape index (κ1) is 10.9. The number of anilines is 1. The van der Waals surface area contributed by atoms with Crippen LogP contribution >= 0.6 is 11.3 Å². The van der Waals surface area contributed by atoms with E-state index in [4.69, 9.17) is 0 Å². The van der Waals surface area contributed by atoms with Crippen LogP contribution in [0.3, 0.4) is 0 Å². The number of hydrogen-bond acceptors (Lipinski definition) is 4. The minimum atomic E-state index is 0.483. The predicted octanol–water partition coefficient (Wildman–Crippen LogP) is 3.26. The maximum Gasteiger partial charge on any atom is 0.205 e. The van der Waals surface area contributed by atoms with E-state index in [9.17, 15) is 0 Å². The second-order valence-corrected chi connectivity index (χ2v) is 5.73. The van der Waals surface area contributed by atoms with Crippen molar-refractivity contribution in [2.24, 2.45) is 5.92 Å². The fourth-order valence-corrected chi connectivity index (χ4v) is 2.62. The fourth-order valence-electron chi connectivity index (χ4n) is 1.78. The van der Waals surface area contributed by atoms with Crippen molar-refractivity contribution in [2.75, 3.05) is 5.32 Å². The SMILES string of the molecule is CC(C)c1nnc(NC(C)C2CCC2)s1. The Labute approximate surface area is 95.3 Å². The summed E-state index contributed by atoms with van der Waals surface area (Å²) in [7, 11) is 0. The van der Waals surface area contributed by atoms with Crippen molar-refractivity contribution in [2.45, 2.75) is 52.0 Å². The maximum atomic E-state index is 4.18. The normalized spacial score (nSPS) is 18.9. The van der Waals surface area contributed by atoms with E-state index in [0.717, 1.165) is 16.1 Å². The average Bonchev–Trinajstić information content (AvgIpc) is 2.48. The highest BCUT2D eigenvalue weighted by Gasteiger charge is 2.24. The minimum Gasteiger partial charge on any atom is -0.357 e. The van der Waals surface area contributed by atoms with Gasteiger partial charge in [0, 0.05) is 12.0 Å². The third kappa shape index (κ3) is 2.48. The molecule has 1 fully saturated rings. The van der Waals surface area contributed by atoms with Crippen LogP contribution in [0.5, 0.6) is 0 Å². The Morgan fingerprint density at radius 1 is 1.27 bits per heavy atom. The summed E-state index contributed by atoms with van der Waals surface area (Å²) in [5.41, 5.74) is 0. The van der Waals surface area contributed by atoms with Gasteiger partial charge >= 0.3 is 0 Å². The number of aromatic nitrogens is 2. The molecule has 15 heavy (non-hydrogen) atoms. The van der Waals surface area contributed by atoms with Gasteiger partial charge in [-0.05, 0) is 25.7 Å². The van der Waals surface area contributed by atoms with E-state index in [1.807, 2.05) is 0 Å². The Bertz CT molecular complexity index is 317. The zero-order chi connectivity index (χ0) is 10.8. The van der Waals surface area contributed by atoms with E-state index in [-0.39, 0.29) is 0 Å². The van der Waals surface area contributed by atoms with E-state index in [2.05, 4.69) is 36.3 Å². The highest BCUT2D eigenvalue weighted by atomic mass is 32.1. The van der Waals surface area contributed by atoms with Gasteiger partial charge in [-0.25, -0.2) is 0 Å². The lowest BCUT2D eigenvalue weighted by molar-refractivity contribution is 0.285. The largest absolute Gasteiger partial charge is 0.357 e. The Morgan fingerprint density at radius 2 is 2.00 bits per heavy atom. The van der Waals surface area contributed by atoms with Gasteiger partial charge in [-0.1, -0.05) is 31.6 Å². The summed E-state index contributed by atoms with van der Waals surface area (Å²) in [4.78, 5) is 0. The second kappa shape index (κ2) is 4.47. The lowest BCUT2D eigenvalue weighted by atomic mass is 9.80. The predicted molar refractivity (Wildman–Crippen MR) is 64.4 cm³/mol. The van der Waals surface area contributed by atoms with Crippen molar-refractivity contribution >= 4 is 16.5 Å². The van der Waals surface area contributed by atoms with E-state index in [0.29, 0.717) is 12.0 Å². The number of hydrogen-bond donors (Lipinski definition) is 1. The summed E-state index contributed by atoms with van der Waals surface area (Å²) < 4.78 is 0. The van der Waals surface area contributed by atoms with Crippen molar-refractivity contribution in [3.05, 3.63) is 5.01 Å². The van der Waals surface area contributed by atoms with Crippen LogP contribution in [0.25, 0.3) is 0 Å². The van der Waals surface area contributed by atoms with E-state index < -0.39 is 0 Å². The third-order valence-electron chi connectivity index (χ3n) is 3.14. The van der Waals surface area contributed by atoms with E-state index >= 15 is 0 Å². The van der Waals surface area contributed by atoms with E-state index in [1.54, 1.807) is 11.3 Å². The highest BCUT2D eigenvalue weighted by molar-refractivity contribution is 7.15. The summed E-state index contributed by atoms with van der Waals surface area (Å²) in [6.07, 6.45) is 4.12. The highest BCUT2D eigenvalue weighted by Crippen LogP contribution is 2.32. The summed E-state index contributed by atoms with van der Waals surface area (Å²) in [6, 6.07) is 0.548. The summed E-state index contributed by atoms with van der Waals surface area (Å²) in [5.74, 6) is 1.33. The quantitative estimate of drug-likeness (QED) is 0.854. The third-order valence-corrected chi connectivity index (χ3v) is 4.30. The Kier molecular flexibility index (Phi) is 3.24. The van der Waals surface area contributed by atoms with Crippen LogP contribution in [-0.2, 0) is 0 Å². The van der Waals surface area contributed by atoms with Gasteiger partial charge in [0.2, 0.25) is 5.13 Å². The number of nitrogens with one attached hydrogen (secondary N) is 1. The molecule has 1 aliphatic carbocycles. The van der Waals surface area contributed by atoms with Gasteiger partial charge in [0.25, 0.3) is 0 Å². The molecule has 1 saturated carbocycles. The molecule has 1 unspecified atom stereocenters. The molecule has 1 heterocycles. The second-order valence-electron chi connectivity index (χ2n) is 4.72. The van der Waals surface area contributed by atoms with Crippen molar-refractivity contribution in [3.63, 3.8) is 0 Å². The van der Waals surface area contributed by atoms with Crippen LogP contribution in [0.15, 0.2) is 0 Å². The zero-order valence-electron chi connectivity index (χ0n) is 9.66. The molecule has 0 amide bonds. The Hall–Kier alpha value is -0.640. The van der Waals surface area contributed by atoms with Crippen LogP contribution in [-0.4, -0.2) is 16.2 Å². The molecule has 0 spiro atoms. The molecule has 1 N–H and O–H groups in total. The number of nitrogens with zero attached hydrogens (tertiary/aromatic N) is 2. The van der Waals surface area contributed by atoms with Gasteiger partial charge in [-0.3, -0.25) is 0 Å². The molecule has 0 radical (unpaired) electrons. The molecule has 2 rings (SSSR count). The molecular weight excluding hydrogens is 206 g/mol. The van der Waals surface area contributed by atoms with Crippen molar-refractivity contribution in [1.82, 2.24) is 10.2 Å². The van der Waals surface area contributed by atoms with Gasteiger partial charge < -0.3 is 5.32 Å². The molecule has 0 aliphatic heterocycles. The molecule has 3 nitrogen and oxygen atoms in total. The van der Waals surface area contributed by atoms with Crippen molar-refractivity contribution in [1.29, 1.82) is 0 Å². The summed E-state index contributed by atoms with van der Waals surface area (Å²) in [5, 5.41) is 13.9. The van der Waals surface area contributed by atoms with Crippen molar-refractivity contribution in [3.8, 4) is 0 Å². The lowest BCUT2D eigenvalue weighted by Gasteiger charge is -2.31. The number of rotatable bonds is 4. The van der Waals surface area contributed by atoms with E-state index in [1.165, 1.54) is 19.3 Å². The Balaban J connectivity index is 1.91.